The Morgan fingerprint density at radius 2 is 1.92 bits per heavy atom. The molecule has 0 saturated heterocycles. The molecule has 0 spiro atoms. The molecular formula is C24H27BrCl2N4O6. The molecule has 10 nitrogen and oxygen atoms in total. The van der Waals surface area contributed by atoms with Crippen molar-refractivity contribution in [2.24, 2.45) is 5.10 Å². The highest BCUT2D eigenvalue weighted by Gasteiger charge is 2.15. The summed E-state index contributed by atoms with van der Waals surface area (Å²) >= 11 is 15.4. The molecule has 0 radical (unpaired) electrons. The van der Waals surface area contributed by atoms with Crippen molar-refractivity contribution in [3.8, 4) is 11.5 Å². The summed E-state index contributed by atoms with van der Waals surface area (Å²) in [7, 11) is 1.43. The van der Waals surface area contributed by atoms with Crippen LogP contribution in [-0.2, 0) is 19.1 Å². The summed E-state index contributed by atoms with van der Waals surface area (Å²) in [6.07, 6.45) is 2.01. The molecule has 0 aliphatic heterocycles. The first kappa shape index (κ1) is 30.4. The van der Waals surface area contributed by atoms with E-state index in [1.165, 1.54) is 13.3 Å². The van der Waals surface area contributed by atoms with Crippen LogP contribution in [0.4, 0.5) is 5.69 Å². The van der Waals surface area contributed by atoms with Crippen LogP contribution in [0.5, 0.6) is 11.5 Å². The maximum absolute atomic E-state index is 12.3. The fourth-order valence-electron chi connectivity index (χ4n) is 2.77. The van der Waals surface area contributed by atoms with Gasteiger partial charge in [-0.05, 0) is 66.0 Å². The molecule has 0 bridgehead atoms. The third-order valence-electron chi connectivity index (χ3n) is 4.47. The minimum Gasteiger partial charge on any atom is -0.493 e. The summed E-state index contributed by atoms with van der Waals surface area (Å²) in [5.41, 5.74) is 3.04. The van der Waals surface area contributed by atoms with E-state index in [1.807, 2.05) is 13.8 Å². The van der Waals surface area contributed by atoms with E-state index in [9.17, 15) is 14.4 Å². The van der Waals surface area contributed by atoms with E-state index in [2.05, 4.69) is 37.1 Å². The van der Waals surface area contributed by atoms with Gasteiger partial charge >= 0.3 is 11.8 Å². The van der Waals surface area contributed by atoms with Crippen molar-refractivity contribution in [1.82, 2.24) is 10.7 Å². The molecule has 13 heteroatoms. The Kier molecular flexibility index (Phi) is 12.6. The molecule has 2 aromatic rings. The summed E-state index contributed by atoms with van der Waals surface area (Å²) in [6, 6.07) is 8.09. The summed E-state index contributed by atoms with van der Waals surface area (Å²) in [5, 5.41) is 9.44. The molecule has 0 aliphatic carbocycles. The number of ether oxygens (including phenoxy) is 3. The van der Waals surface area contributed by atoms with Gasteiger partial charge in [0.25, 0.3) is 5.91 Å². The van der Waals surface area contributed by atoms with Crippen molar-refractivity contribution < 1.29 is 28.6 Å². The first-order chi connectivity index (χ1) is 17.6. The number of hydrazone groups is 1. The maximum Gasteiger partial charge on any atom is 0.329 e. The Morgan fingerprint density at radius 3 is 2.62 bits per heavy atom. The molecule has 0 saturated carbocycles. The second-order valence-electron chi connectivity index (χ2n) is 7.70. The normalized spacial score (nSPS) is 10.9. The molecule has 3 N–H and O–H groups in total. The van der Waals surface area contributed by atoms with Gasteiger partial charge in [0.15, 0.2) is 18.1 Å². The summed E-state index contributed by atoms with van der Waals surface area (Å²) in [6.45, 7) is 4.28. The van der Waals surface area contributed by atoms with E-state index in [0.717, 1.165) is 0 Å². The molecule has 0 aromatic heterocycles. The largest absolute Gasteiger partial charge is 0.493 e. The fraction of sp³-hybridized carbons (Fsp3) is 0.333. The Hall–Kier alpha value is -2.86. The van der Waals surface area contributed by atoms with Gasteiger partial charge in [-0.15, -0.1) is 0 Å². The van der Waals surface area contributed by atoms with Gasteiger partial charge in [-0.2, -0.15) is 5.10 Å². The molecule has 200 valence electrons. The molecular weight excluding hydrogens is 591 g/mol. The minimum atomic E-state index is -0.905. The van der Waals surface area contributed by atoms with E-state index >= 15 is 0 Å². The molecule has 37 heavy (non-hydrogen) atoms. The second-order valence-corrected chi connectivity index (χ2v) is 9.34. The van der Waals surface area contributed by atoms with Crippen LogP contribution < -0.4 is 25.5 Å². The van der Waals surface area contributed by atoms with Crippen LogP contribution in [0.2, 0.25) is 10.0 Å². The van der Waals surface area contributed by atoms with Gasteiger partial charge in [0, 0.05) is 13.2 Å². The number of rotatable bonds is 12. The Bertz CT molecular complexity index is 1150. The predicted octanol–water partition coefficient (Wildman–Crippen LogP) is 4.16. The predicted molar refractivity (Wildman–Crippen MR) is 146 cm³/mol. The molecule has 0 aliphatic rings. The van der Waals surface area contributed by atoms with Crippen molar-refractivity contribution in [3.05, 3.63) is 50.4 Å². The molecule has 0 fully saturated rings. The Morgan fingerprint density at radius 1 is 1.16 bits per heavy atom. The zero-order valence-corrected chi connectivity index (χ0v) is 23.5. The lowest BCUT2D eigenvalue weighted by Crippen LogP contribution is -2.38. The number of hydrogen-bond donors (Lipinski definition) is 3. The van der Waals surface area contributed by atoms with E-state index in [4.69, 9.17) is 37.4 Å². The fourth-order valence-corrected chi connectivity index (χ4v) is 3.69. The van der Waals surface area contributed by atoms with Crippen LogP contribution >= 0.6 is 39.1 Å². The number of nitrogens with one attached hydrogen (secondary N) is 3. The van der Waals surface area contributed by atoms with Crippen LogP contribution in [0.15, 0.2) is 39.9 Å². The lowest BCUT2D eigenvalue weighted by atomic mass is 10.2. The number of hydrogen-bond acceptors (Lipinski definition) is 7. The molecule has 2 aromatic carbocycles. The topological polar surface area (TPSA) is 127 Å². The number of carbonyl (C=O) groups is 3. The first-order valence-electron chi connectivity index (χ1n) is 11.1. The van der Waals surface area contributed by atoms with Crippen LogP contribution in [0.25, 0.3) is 0 Å². The molecule has 3 amide bonds. The molecule has 0 heterocycles. The SMILES string of the molecule is COc1cc(/C=N\NC(=O)C(=O)NCCCOC(C)C)cc(Br)c1OCC(=O)Nc1cccc(Cl)c1Cl. The van der Waals surface area contributed by atoms with Gasteiger partial charge in [-0.25, -0.2) is 5.43 Å². The number of halogens is 3. The average molecular weight is 618 g/mol. The van der Waals surface area contributed by atoms with Gasteiger partial charge in [0.2, 0.25) is 0 Å². The first-order valence-corrected chi connectivity index (χ1v) is 12.6. The van der Waals surface area contributed by atoms with Gasteiger partial charge in [-0.1, -0.05) is 29.3 Å². The zero-order chi connectivity index (χ0) is 27.4. The molecule has 2 rings (SSSR count). The summed E-state index contributed by atoms with van der Waals surface area (Å²) < 4.78 is 16.8. The Labute approximate surface area is 233 Å². The van der Waals surface area contributed by atoms with E-state index in [0.29, 0.717) is 46.1 Å². The summed E-state index contributed by atoms with van der Waals surface area (Å²) in [5.74, 6) is -1.59. The number of nitrogens with zero attached hydrogens (tertiary/aromatic N) is 1. The zero-order valence-electron chi connectivity index (χ0n) is 20.4. The lowest BCUT2D eigenvalue weighted by molar-refractivity contribution is -0.139. The van der Waals surface area contributed by atoms with Crippen LogP contribution in [-0.4, -0.2) is 56.9 Å². The van der Waals surface area contributed by atoms with E-state index in [-0.39, 0.29) is 23.5 Å². The smallest absolute Gasteiger partial charge is 0.329 e. The van der Waals surface area contributed by atoms with Gasteiger partial charge in [0.1, 0.15) is 0 Å². The number of methoxy groups -OCH3 is 1. The van der Waals surface area contributed by atoms with Crippen LogP contribution in [0.1, 0.15) is 25.8 Å². The van der Waals surface area contributed by atoms with Crippen molar-refractivity contribution in [3.63, 3.8) is 0 Å². The highest BCUT2D eigenvalue weighted by molar-refractivity contribution is 9.10. The number of benzene rings is 2. The number of anilines is 1. The molecule has 0 unspecified atom stereocenters. The van der Waals surface area contributed by atoms with Gasteiger partial charge in [0.05, 0.1) is 39.6 Å². The third-order valence-corrected chi connectivity index (χ3v) is 5.88. The number of amides is 3. The Balaban J connectivity index is 1.90. The van der Waals surface area contributed by atoms with Gasteiger partial charge in [-0.3, -0.25) is 14.4 Å². The summed E-state index contributed by atoms with van der Waals surface area (Å²) in [4.78, 5) is 36.0. The average Bonchev–Trinajstić information content (AvgIpc) is 2.85. The minimum absolute atomic E-state index is 0.103. The third kappa shape index (κ3) is 10.2. The van der Waals surface area contributed by atoms with E-state index in [1.54, 1.807) is 30.3 Å². The van der Waals surface area contributed by atoms with Crippen molar-refractivity contribution >= 4 is 68.8 Å². The maximum atomic E-state index is 12.3. The van der Waals surface area contributed by atoms with Crippen molar-refractivity contribution in [2.75, 3.05) is 32.2 Å². The standard InChI is InChI=1S/C24H27BrCl2N4O6/c1-14(2)36-9-5-8-28-23(33)24(34)31-29-12-15-10-16(25)22(19(11-15)35-3)37-13-20(32)30-18-7-4-6-17(26)21(18)27/h4,6-7,10-12,14H,5,8-9,13H2,1-3H3,(H,28,33)(H,30,32)(H,31,34)/b29-12-. The van der Waals surface area contributed by atoms with Crippen LogP contribution in [0, 0.1) is 0 Å². The number of carbonyl (C=O) groups excluding carboxylic acids is 3. The van der Waals surface area contributed by atoms with Crippen molar-refractivity contribution in [2.45, 2.75) is 26.4 Å². The molecule has 0 atom stereocenters. The quantitative estimate of drug-likeness (QED) is 0.142. The monoisotopic (exact) mass is 616 g/mol. The van der Waals surface area contributed by atoms with Crippen LogP contribution in [0.3, 0.4) is 0 Å². The van der Waals surface area contributed by atoms with E-state index < -0.39 is 17.7 Å². The highest BCUT2D eigenvalue weighted by atomic mass is 79.9. The second kappa shape index (κ2) is 15.4. The van der Waals surface area contributed by atoms with Gasteiger partial charge < -0.3 is 24.8 Å². The lowest BCUT2D eigenvalue weighted by Gasteiger charge is -2.14. The highest BCUT2D eigenvalue weighted by Crippen LogP contribution is 2.36. The van der Waals surface area contributed by atoms with Crippen molar-refractivity contribution in [1.29, 1.82) is 0 Å².